The zero-order valence-electron chi connectivity index (χ0n) is 14.6. The van der Waals surface area contributed by atoms with Gasteiger partial charge in [-0.25, -0.2) is 0 Å². The summed E-state index contributed by atoms with van der Waals surface area (Å²) in [7, 11) is 0. The van der Waals surface area contributed by atoms with Gasteiger partial charge in [0.15, 0.2) is 5.96 Å². The molecular weight excluding hydrogens is 276 g/mol. The Kier molecular flexibility index (Phi) is 9.67. The van der Waals surface area contributed by atoms with Crippen LogP contribution >= 0.6 is 0 Å². The Hall–Kier alpha value is -1.26. The summed E-state index contributed by atoms with van der Waals surface area (Å²) in [4.78, 5) is 16.4. The van der Waals surface area contributed by atoms with Crippen molar-refractivity contribution in [1.82, 2.24) is 16.0 Å². The van der Waals surface area contributed by atoms with Crippen LogP contribution in [-0.4, -0.2) is 37.5 Å². The van der Waals surface area contributed by atoms with Gasteiger partial charge in [0, 0.05) is 25.6 Å². The lowest BCUT2D eigenvalue weighted by Gasteiger charge is -2.20. The van der Waals surface area contributed by atoms with Crippen LogP contribution in [-0.2, 0) is 4.79 Å². The number of hydrogen-bond donors (Lipinski definition) is 3. The Morgan fingerprint density at radius 1 is 1.18 bits per heavy atom. The van der Waals surface area contributed by atoms with Gasteiger partial charge >= 0.3 is 0 Å². The summed E-state index contributed by atoms with van der Waals surface area (Å²) in [6.07, 6.45) is 8.09. The maximum Gasteiger partial charge on any atom is 0.220 e. The monoisotopic (exact) mass is 310 g/mol. The van der Waals surface area contributed by atoms with Crippen molar-refractivity contribution in [3.63, 3.8) is 0 Å². The number of nitrogens with zero attached hydrogens (tertiary/aromatic N) is 1. The van der Waals surface area contributed by atoms with Crippen molar-refractivity contribution in [2.24, 2.45) is 10.9 Å². The number of guanidine groups is 1. The summed E-state index contributed by atoms with van der Waals surface area (Å²) in [5.74, 6) is 1.61. The van der Waals surface area contributed by atoms with Crippen molar-refractivity contribution in [2.45, 2.75) is 71.8 Å². The van der Waals surface area contributed by atoms with Crippen LogP contribution in [0.25, 0.3) is 0 Å². The molecule has 5 heteroatoms. The maximum atomic E-state index is 11.9. The molecule has 1 atom stereocenters. The largest absolute Gasteiger partial charge is 0.357 e. The van der Waals surface area contributed by atoms with Gasteiger partial charge in [-0.15, -0.1) is 0 Å². The highest BCUT2D eigenvalue weighted by Gasteiger charge is 2.16. The predicted octanol–water partition coefficient (Wildman–Crippen LogP) is 2.43. The van der Waals surface area contributed by atoms with E-state index in [-0.39, 0.29) is 5.91 Å². The highest BCUT2D eigenvalue weighted by atomic mass is 16.1. The molecule has 0 radical (unpaired) electrons. The van der Waals surface area contributed by atoms with Gasteiger partial charge in [0.2, 0.25) is 5.91 Å². The molecule has 1 saturated carbocycles. The van der Waals surface area contributed by atoms with Crippen molar-refractivity contribution in [3.8, 4) is 0 Å². The Labute approximate surface area is 135 Å². The minimum atomic E-state index is 0.182. The highest BCUT2D eigenvalue weighted by molar-refractivity contribution is 5.80. The number of aliphatic imine (C=N–C) groups is 1. The van der Waals surface area contributed by atoms with E-state index in [0.29, 0.717) is 31.5 Å². The molecule has 0 aromatic heterocycles. The predicted molar refractivity (Wildman–Crippen MR) is 93.1 cm³/mol. The zero-order chi connectivity index (χ0) is 16.2. The number of carbonyl (C=O) groups excluding carboxylic acids is 1. The van der Waals surface area contributed by atoms with Crippen LogP contribution in [0.15, 0.2) is 4.99 Å². The average molecular weight is 310 g/mol. The molecule has 1 fully saturated rings. The Balaban J connectivity index is 2.22. The molecule has 0 aromatic rings. The second-order valence-corrected chi connectivity index (χ2v) is 6.27. The van der Waals surface area contributed by atoms with E-state index in [1.54, 1.807) is 0 Å². The van der Waals surface area contributed by atoms with Gasteiger partial charge in [0.05, 0.1) is 6.54 Å². The van der Waals surface area contributed by atoms with E-state index >= 15 is 0 Å². The Bertz CT molecular complexity index is 338. The molecule has 1 amide bonds. The molecule has 22 heavy (non-hydrogen) atoms. The van der Waals surface area contributed by atoms with E-state index in [1.807, 2.05) is 0 Å². The Morgan fingerprint density at radius 3 is 2.55 bits per heavy atom. The summed E-state index contributed by atoms with van der Waals surface area (Å²) >= 11 is 0. The van der Waals surface area contributed by atoms with Crippen molar-refractivity contribution in [3.05, 3.63) is 0 Å². The summed E-state index contributed by atoms with van der Waals surface area (Å²) in [5, 5.41) is 9.57. The summed E-state index contributed by atoms with van der Waals surface area (Å²) in [6.45, 7) is 8.41. The molecule has 0 aromatic carbocycles. The van der Waals surface area contributed by atoms with Crippen molar-refractivity contribution >= 4 is 11.9 Å². The van der Waals surface area contributed by atoms with E-state index in [1.165, 1.54) is 32.1 Å². The molecule has 0 spiro atoms. The highest BCUT2D eigenvalue weighted by Crippen LogP contribution is 2.25. The lowest BCUT2D eigenvalue weighted by atomic mass is 9.87. The van der Waals surface area contributed by atoms with Crippen molar-refractivity contribution in [1.29, 1.82) is 0 Å². The molecule has 0 aliphatic heterocycles. The normalized spacial score (nSPS) is 17.9. The van der Waals surface area contributed by atoms with Crippen molar-refractivity contribution in [2.75, 3.05) is 19.6 Å². The molecule has 3 N–H and O–H groups in total. The standard InChI is InChI=1S/C17H34N4O/c1-4-14(3)21-17(18-5-2)20-12-11-19-16(22)13-15-9-7-6-8-10-15/h14-15H,4-13H2,1-3H3,(H,19,22)(H2,18,20,21). The molecule has 1 rings (SSSR count). The first-order valence-corrected chi connectivity index (χ1v) is 8.97. The molecule has 0 saturated heterocycles. The minimum Gasteiger partial charge on any atom is -0.357 e. The van der Waals surface area contributed by atoms with Gasteiger partial charge in [0.1, 0.15) is 0 Å². The SMILES string of the molecule is CCNC(=NCCNC(=O)CC1CCCCC1)NC(C)CC. The number of carbonyl (C=O) groups is 1. The third-order valence-corrected chi connectivity index (χ3v) is 4.24. The number of hydrogen-bond acceptors (Lipinski definition) is 2. The van der Waals surface area contributed by atoms with E-state index < -0.39 is 0 Å². The molecule has 128 valence electrons. The lowest BCUT2D eigenvalue weighted by molar-refractivity contribution is -0.122. The smallest absolute Gasteiger partial charge is 0.220 e. The molecule has 5 nitrogen and oxygen atoms in total. The summed E-state index contributed by atoms with van der Waals surface area (Å²) in [6, 6.07) is 0.402. The Morgan fingerprint density at radius 2 is 1.91 bits per heavy atom. The van der Waals surface area contributed by atoms with Gasteiger partial charge in [-0.2, -0.15) is 0 Å². The molecule has 0 heterocycles. The third-order valence-electron chi connectivity index (χ3n) is 4.24. The van der Waals surface area contributed by atoms with Crippen LogP contribution in [0, 0.1) is 5.92 Å². The van der Waals surface area contributed by atoms with Gasteiger partial charge in [0.25, 0.3) is 0 Å². The number of nitrogens with one attached hydrogen (secondary N) is 3. The molecule has 1 aliphatic rings. The number of rotatable bonds is 8. The van der Waals surface area contributed by atoms with Gasteiger partial charge < -0.3 is 16.0 Å². The second kappa shape index (κ2) is 11.3. The first-order valence-electron chi connectivity index (χ1n) is 8.97. The van der Waals surface area contributed by atoms with Gasteiger partial charge in [-0.1, -0.05) is 26.2 Å². The first-order chi connectivity index (χ1) is 10.7. The topological polar surface area (TPSA) is 65.5 Å². The fourth-order valence-corrected chi connectivity index (χ4v) is 2.74. The van der Waals surface area contributed by atoms with E-state index in [4.69, 9.17) is 0 Å². The molecule has 1 unspecified atom stereocenters. The van der Waals surface area contributed by atoms with Crippen LogP contribution in [0.3, 0.4) is 0 Å². The maximum absolute atomic E-state index is 11.9. The first kappa shape index (κ1) is 18.8. The third kappa shape index (κ3) is 8.25. The summed E-state index contributed by atoms with van der Waals surface area (Å²) in [5.41, 5.74) is 0. The number of amides is 1. The molecular formula is C17H34N4O. The minimum absolute atomic E-state index is 0.182. The quantitative estimate of drug-likeness (QED) is 0.366. The zero-order valence-corrected chi connectivity index (χ0v) is 14.6. The van der Waals surface area contributed by atoms with Crippen LogP contribution in [0.4, 0.5) is 0 Å². The van der Waals surface area contributed by atoms with Crippen LogP contribution in [0.5, 0.6) is 0 Å². The van der Waals surface area contributed by atoms with Crippen LogP contribution < -0.4 is 16.0 Å². The van der Waals surface area contributed by atoms with Gasteiger partial charge in [-0.05, 0) is 39.0 Å². The fourth-order valence-electron chi connectivity index (χ4n) is 2.74. The second-order valence-electron chi connectivity index (χ2n) is 6.27. The van der Waals surface area contributed by atoms with Crippen LogP contribution in [0.2, 0.25) is 0 Å². The lowest BCUT2D eigenvalue weighted by Crippen LogP contribution is -2.42. The van der Waals surface area contributed by atoms with Crippen LogP contribution in [0.1, 0.15) is 65.7 Å². The summed E-state index contributed by atoms with van der Waals surface area (Å²) < 4.78 is 0. The van der Waals surface area contributed by atoms with Gasteiger partial charge in [-0.3, -0.25) is 9.79 Å². The molecule has 0 bridgehead atoms. The van der Waals surface area contributed by atoms with E-state index in [2.05, 4.69) is 41.7 Å². The molecule has 1 aliphatic carbocycles. The van der Waals surface area contributed by atoms with E-state index in [9.17, 15) is 4.79 Å². The fraction of sp³-hybridized carbons (Fsp3) is 0.882. The van der Waals surface area contributed by atoms with Crippen molar-refractivity contribution < 1.29 is 4.79 Å². The van der Waals surface area contributed by atoms with E-state index in [0.717, 1.165) is 18.9 Å². The average Bonchev–Trinajstić information content (AvgIpc) is 2.52.